The molecular formula is C20H20F3NO4. The molecule has 0 heterocycles. The Bertz CT molecular complexity index is 884. The maximum absolute atomic E-state index is 13.8. The van der Waals surface area contributed by atoms with Gasteiger partial charge in [-0.3, -0.25) is 4.79 Å². The minimum absolute atomic E-state index is 0.0375. The number of amides is 1. The Morgan fingerprint density at radius 2 is 1.82 bits per heavy atom. The van der Waals surface area contributed by atoms with Crippen LogP contribution in [0.1, 0.15) is 18.1 Å². The van der Waals surface area contributed by atoms with Gasteiger partial charge >= 0.3 is 6.18 Å². The van der Waals surface area contributed by atoms with Gasteiger partial charge in [-0.1, -0.05) is 30.3 Å². The summed E-state index contributed by atoms with van der Waals surface area (Å²) in [5.74, 6) is -0.302. The Balaban J connectivity index is 1.88. The molecule has 1 amide bonds. The number of fused-ring (bicyclic) bond motifs is 3. The lowest BCUT2D eigenvalue weighted by molar-refractivity contribution is -0.246. The molecule has 150 valence electrons. The predicted octanol–water partition coefficient (Wildman–Crippen LogP) is 2.68. The molecule has 0 aliphatic heterocycles. The van der Waals surface area contributed by atoms with Gasteiger partial charge in [-0.05, 0) is 30.2 Å². The molecule has 0 fully saturated rings. The summed E-state index contributed by atoms with van der Waals surface area (Å²) in [6, 6.07) is 10.1. The number of nitrogens with zero attached hydrogens (tertiary/aromatic N) is 1. The lowest BCUT2D eigenvalue weighted by Crippen LogP contribution is -2.41. The van der Waals surface area contributed by atoms with Crippen LogP contribution >= 0.6 is 0 Å². The molecule has 2 N–H and O–H groups in total. The van der Waals surface area contributed by atoms with E-state index < -0.39 is 24.3 Å². The van der Waals surface area contributed by atoms with E-state index in [1.165, 1.54) is 41.3 Å². The number of carbonyl (C=O) groups excluding carboxylic acids is 1. The summed E-state index contributed by atoms with van der Waals surface area (Å²) >= 11 is 0. The monoisotopic (exact) mass is 395 g/mol. The van der Waals surface area contributed by atoms with Crippen molar-refractivity contribution in [2.45, 2.75) is 18.7 Å². The number of carbonyl (C=O) groups is 1. The third kappa shape index (κ3) is 3.22. The van der Waals surface area contributed by atoms with Crippen LogP contribution in [0.25, 0.3) is 11.1 Å². The van der Waals surface area contributed by atoms with Crippen molar-refractivity contribution >= 4 is 5.91 Å². The van der Waals surface area contributed by atoms with Crippen LogP contribution in [0.2, 0.25) is 0 Å². The zero-order valence-electron chi connectivity index (χ0n) is 15.2. The van der Waals surface area contributed by atoms with Crippen LogP contribution in [0.5, 0.6) is 5.75 Å². The first kappa shape index (κ1) is 20.2. The summed E-state index contributed by atoms with van der Waals surface area (Å²) in [4.78, 5) is 12.9. The van der Waals surface area contributed by atoms with E-state index in [4.69, 9.17) is 9.84 Å². The fraction of sp³-hybridized carbons (Fsp3) is 0.350. The number of aliphatic hydroxyl groups is 2. The Hall–Kier alpha value is -2.58. The van der Waals surface area contributed by atoms with E-state index in [2.05, 4.69) is 0 Å². The molecule has 0 bridgehead atoms. The summed E-state index contributed by atoms with van der Waals surface area (Å²) in [6.45, 7) is 1.70. The highest BCUT2D eigenvalue weighted by Gasteiger charge is 2.60. The number of halogens is 3. The van der Waals surface area contributed by atoms with Gasteiger partial charge in [-0.15, -0.1) is 0 Å². The number of hydrogen-bond donors (Lipinski definition) is 2. The highest BCUT2D eigenvalue weighted by molar-refractivity contribution is 5.81. The SMILES string of the molecule is CCN(CCOc1ccc2c(c1)C(O)(C(F)(F)F)c1ccccc1-2)C(=O)CO. The van der Waals surface area contributed by atoms with Gasteiger partial charge in [0.2, 0.25) is 11.5 Å². The van der Waals surface area contributed by atoms with Crippen LogP contribution in [0.15, 0.2) is 42.5 Å². The number of likely N-dealkylation sites (N-methyl/N-ethyl adjacent to an activating group) is 1. The summed E-state index contributed by atoms with van der Waals surface area (Å²) in [5, 5.41) is 19.6. The first-order chi connectivity index (χ1) is 13.2. The van der Waals surface area contributed by atoms with Crippen molar-refractivity contribution in [3.05, 3.63) is 53.6 Å². The second-order valence-corrected chi connectivity index (χ2v) is 6.44. The molecule has 28 heavy (non-hydrogen) atoms. The fourth-order valence-electron chi connectivity index (χ4n) is 3.46. The highest BCUT2D eigenvalue weighted by Crippen LogP contribution is 2.55. The number of benzene rings is 2. The van der Waals surface area contributed by atoms with E-state index in [0.717, 1.165) is 0 Å². The van der Waals surface area contributed by atoms with Crippen molar-refractivity contribution in [2.24, 2.45) is 0 Å². The number of alkyl halides is 3. The Morgan fingerprint density at radius 3 is 2.46 bits per heavy atom. The third-order valence-electron chi connectivity index (χ3n) is 4.90. The van der Waals surface area contributed by atoms with Crippen molar-refractivity contribution in [3.8, 4) is 16.9 Å². The van der Waals surface area contributed by atoms with Gasteiger partial charge in [0.05, 0.1) is 6.54 Å². The number of hydrogen-bond acceptors (Lipinski definition) is 4. The van der Waals surface area contributed by atoms with Crippen LogP contribution in [0.4, 0.5) is 13.2 Å². The van der Waals surface area contributed by atoms with Crippen LogP contribution in [0.3, 0.4) is 0 Å². The second-order valence-electron chi connectivity index (χ2n) is 6.44. The predicted molar refractivity (Wildman–Crippen MR) is 95.8 cm³/mol. The molecule has 1 atom stereocenters. The standard InChI is InChI=1S/C20H20F3NO4/c1-2-24(18(26)12-25)9-10-28-13-7-8-15-14-5-3-4-6-16(14)19(27,17(15)11-13)20(21,22)23/h3-8,11,25,27H,2,9-10,12H2,1H3. The van der Waals surface area contributed by atoms with Crippen LogP contribution in [0, 0.1) is 0 Å². The van der Waals surface area contributed by atoms with Crippen LogP contribution < -0.4 is 4.74 Å². The molecule has 8 heteroatoms. The highest BCUT2D eigenvalue weighted by atomic mass is 19.4. The Kier molecular flexibility index (Phi) is 5.36. The lowest BCUT2D eigenvalue weighted by Gasteiger charge is -2.28. The van der Waals surface area contributed by atoms with Crippen molar-refractivity contribution in [2.75, 3.05) is 26.3 Å². The van der Waals surface area contributed by atoms with E-state index in [9.17, 15) is 23.1 Å². The van der Waals surface area contributed by atoms with E-state index in [1.54, 1.807) is 13.0 Å². The molecule has 0 spiro atoms. The minimum atomic E-state index is -4.90. The zero-order valence-corrected chi connectivity index (χ0v) is 15.2. The summed E-state index contributed by atoms with van der Waals surface area (Å²) in [5.41, 5.74) is -2.97. The van der Waals surface area contributed by atoms with Gasteiger partial charge in [-0.2, -0.15) is 13.2 Å². The van der Waals surface area contributed by atoms with Gasteiger partial charge in [-0.25, -0.2) is 0 Å². The van der Waals surface area contributed by atoms with E-state index >= 15 is 0 Å². The quantitative estimate of drug-likeness (QED) is 0.789. The second kappa shape index (κ2) is 7.44. The van der Waals surface area contributed by atoms with Crippen molar-refractivity contribution in [3.63, 3.8) is 0 Å². The normalized spacial score (nSPS) is 17.8. The van der Waals surface area contributed by atoms with Crippen LogP contribution in [-0.4, -0.2) is 53.5 Å². The van der Waals surface area contributed by atoms with E-state index in [-0.39, 0.29) is 30.0 Å². The molecular weight excluding hydrogens is 375 g/mol. The van der Waals surface area contributed by atoms with E-state index in [1.807, 2.05) is 0 Å². The molecule has 0 saturated heterocycles. The number of aliphatic hydroxyl groups excluding tert-OH is 1. The summed E-state index contributed by atoms with van der Waals surface area (Å²) < 4.78 is 46.9. The summed E-state index contributed by atoms with van der Waals surface area (Å²) in [6.07, 6.45) is -4.90. The molecule has 0 radical (unpaired) electrons. The molecule has 1 aliphatic carbocycles. The lowest BCUT2D eigenvalue weighted by atomic mass is 9.91. The Morgan fingerprint density at radius 1 is 1.14 bits per heavy atom. The minimum Gasteiger partial charge on any atom is -0.492 e. The smallest absolute Gasteiger partial charge is 0.425 e. The molecule has 5 nitrogen and oxygen atoms in total. The molecule has 2 aromatic carbocycles. The molecule has 1 aliphatic rings. The maximum Gasteiger partial charge on any atom is 0.425 e. The summed E-state index contributed by atoms with van der Waals surface area (Å²) in [7, 11) is 0. The third-order valence-corrected chi connectivity index (χ3v) is 4.90. The largest absolute Gasteiger partial charge is 0.492 e. The fourth-order valence-corrected chi connectivity index (χ4v) is 3.46. The average Bonchev–Trinajstić information content (AvgIpc) is 2.94. The first-order valence-corrected chi connectivity index (χ1v) is 8.79. The topological polar surface area (TPSA) is 70.0 Å². The van der Waals surface area contributed by atoms with Gasteiger partial charge in [0.25, 0.3) is 0 Å². The van der Waals surface area contributed by atoms with Gasteiger partial charge in [0, 0.05) is 17.7 Å². The van der Waals surface area contributed by atoms with Gasteiger partial charge < -0.3 is 19.8 Å². The zero-order chi connectivity index (χ0) is 20.5. The number of rotatable bonds is 6. The first-order valence-electron chi connectivity index (χ1n) is 8.79. The molecule has 2 aromatic rings. The average molecular weight is 395 g/mol. The van der Waals surface area contributed by atoms with Crippen LogP contribution in [-0.2, 0) is 10.4 Å². The maximum atomic E-state index is 13.8. The van der Waals surface area contributed by atoms with Crippen molar-refractivity contribution < 1.29 is 32.9 Å². The van der Waals surface area contributed by atoms with Crippen molar-refractivity contribution in [1.29, 1.82) is 0 Å². The van der Waals surface area contributed by atoms with Gasteiger partial charge in [0.1, 0.15) is 19.0 Å². The van der Waals surface area contributed by atoms with E-state index in [0.29, 0.717) is 17.7 Å². The molecule has 1 unspecified atom stereocenters. The Labute approximate surface area is 160 Å². The van der Waals surface area contributed by atoms with Crippen molar-refractivity contribution in [1.82, 2.24) is 4.90 Å². The molecule has 3 rings (SSSR count). The van der Waals surface area contributed by atoms with Gasteiger partial charge in [0.15, 0.2) is 0 Å². The molecule has 0 aromatic heterocycles. The molecule has 0 saturated carbocycles. The number of ether oxygens (including phenoxy) is 1.